The molecule has 0 bridgehead atoms. The minimum Gasteiger partial charge on any atom is -0.440 e. The lowest BCUT2D eigenvalue weighted by Gasteiger charge is -2.27. The number of nitrogens with two attached hydrogens (primary N) is 1. The molecule has 0 saturated heterocycles. The fourth-order valence-corrected chi connectivity index (χ4v) is 4.24. The summed E-state index contributed by atoms with van der Waals surface area (Å²) >= 11 is 0. The van der Waals surface area contributed by atoms with Gasteiger partial charge in [-0.25, -0.2) is 13.2 Å². The van der Waals surface area contributed by atoms with Crippen LogP contribution in [0.15, 0.2) is 77.0 Å². The lowest BCUT2D eigenvalue weighted by Crippen LogP contribution is -2.22. The number of nitrogens with zero attached hydrogens (tertiary/aromatic N) is 1. The van der Waals surface area contributed by atoms with Crippen LogP contribution in [0, 0.1) is 28.8 Å². The van der Waals surface area contributed by atoms with Gasteiger partial charge >= 0.3 is 10.1 Å². The maximum atomic E-state index is 14.5. The monoisotopic (exact) mass is 458 g/mol. The van der Waals surface area contributed by atoms with Gasteiger partial charge < -0.3 is 14.7 Å². The number of hydrogen-bond acceptors (Lipinski definition) is 6. The van der Waals surface area contributed by atoms with Crippen molar-refractivity contribution in [3.8, 4) is 17.6 Å². The van der Waals surface area contributed by atoms with Crippen molar-refractivity contribution < 1.29 is 30.5 Å². The summed E-state index contributed by atoms with van der Waals surface area (Å²) in [6.45, 7) is 0. The molecular formula is C22H13F3N2O4S. The Balaban J connectivity index is 1.75. The first-order valence-electron chi connectivity index (χ1n) is 9.06. The number of fused-ring (bicyclic) bond motifs is 1. The van der Waals surface area contributed by atoms with E-state index in [2.05, 4.69) is 0 Å². The smallest absolute Gasteiger partial charge is 0.339 e. The topological polar surface area (TPSA) is 102 Å². The molecular weight excluding hydrogens is 445 g/mol. The molecule has 2 N–H and O–H groups in total. The van der Waals surface area contributed by atoms with Gasteiger partial charge in [0, 0.05) is 23.3 Å². The van der Waals surface area contributed by atoms with Gasteiger partial charge in [0.2, 0.25) is 5.88 Å². The first kappa shape index (κ1) is 21.3. The molecule has 0 spiro atoms. The molecule has 10 heteroatoms. The van der Waals surface area contributed by atoms with Crippen molar-refractivity contribution in [2.45, 2.75) is 10.8 Å². The summed E-state index contributed by atoms with van der Waals surface area (Å²) in [5.74, 6) is -3.73. The van der Waals surface area contributed by atoms with Crippen LogP contribution in [-0.2, 0) is 10.1 Å². The average molecular weight is 458 g/mol. The Kier molecular flexibility index (Phi) is 5.28. The van der Waals surface area contributed by atoms with Gasteiger partial charge in [0.1, 0.15) is 45.5 Å². The first-order valence-corrected chi connectivity index (χ1v) is 10.5. The number of ether oxygens (including phenoxy) is 1. The standard InChI is InChI=1S/C22H13F3N2O4S/c23-12-1-5-15(6-2-12)32(28,29)31-14-4-8-17-20(10-14)30-22(27)18(11-26)21(17)16-7-3-13(24)9-19(16)25/h1-10,21H,27H2. The minimum atomic E-state index is -4.28. The second-order valence-corrected chi connectivity index (χ2v) is 8.33. The molecule has 0 fully saturated rings. The van der Waals surface area contributed by atoms with E-state index in [9.17, 15) is 26.9 Å². The lowest BCUT2D eigenvalue weighted by molar-refractivity contribution is 0.390. The number of nitriles is 1. The number of hydrogen-bond donors (Lipinski definition) is 1. The van der Waals surface area contributed by atoms with E-state index in [0.717, 1.165) is 30.3 Å². The van der Waals surface area contributed by atoms with Gasteiger partial charge in [0.05, 0.1) is 5.92 Å². The largest absolute Gasteiger partial charge is 0.440 e. The predicted octanol–water partition coefficient (Wildman–Crippen LogP) is 4.09. The number of allylic oxidation sites excluding steroid dienone is 1. The maximum absolute atomic E-state index is 14.5. The molecule has 162 valence electrons. The molecule has 1 heterocycles. The average Bonchev–Trinajstić information content (AvgIpc) is 2.73. The quantitative estimate of drug-likeness (QED) is 0.591. The summed E-state index contributed by atoms with van der Waals surface area (Å²) < 4.78 is 76.4. The van der Waals surface area contributed by atoms with Gasteiger partial charge in [-0.2, -0.15) is 13.7 Å². The van der Waals surface area contributed by atoms with Gasteiger partial charge in [-0.1, -0.05) is 12.1 Å². The molecule has 0 aliphatic carbocycles. The second kappa shape index (κ2) is 7.94. The van der Waals surface area contributed by atoms with E-state index in [1.165, 1.54) is 24.3 Å². The lowest BCUT2D eigenvalue weighted by atomic mass is 9.83. The highest BCUT2D eigenvalue weighted by Gasteiger charge is 2.33. The fourth-order valence-electron chi connectivity index (χ4n) is 3.32. The zero-order valence-corrected chi connectivity index (χ0v) is 16.9. The van der Waals surface area contributed by atoms with Gasteiger partial charge in [0.25, 0.3) is 0 Å². The molecule has 32 heavy (non-hydrogen) atoms. The summed E-state index contributed by atoms with van der Waals surface area (Å²) in [7, 11) is -4.28. The summed E-state index contributed by atoms with van der Waals surface area (Å²) in [6.07, 6.45) is 0. The number of benzene rings is 3. The third-order valence-electron chi connectivity index (χ3n) is 4.77. The van der Waals surface area contributed by atoms with Crippen molar-refractivity contribution in [2.24, 2.45) is 5.73 Å². The third-order valence-corrected chi connectivity index (χ3v) is 6.03. The molecule has 1 aliphatic heterocycles. The first-order chi connectivity index (χ1) is 15.2. The van der Waals surface area contributed by atoms with Crippen molar-refractivity contribution in [2.75, 3.05) is 0 Å². The van der Waals surface area contributed by atoms with Crippen molar-refractivity contribution in [3.05, 3.63) is 101 Å². The zero-order chi connectivity index (χ0) is 23.0. The molecule has 1 atom stereocenters. The Labute approximate surface area is 181 Å². The van der Waals surface area contributed by atoms with Crippen LogP contribution in [0.4, 0.5) is 13.2 Å². The van der Waals surface area contributed by atoms with Crippen LogP contribution in [0.3, 0.4) is 0 Å². The van der Waals surface area contributed by atoms with Crippen molar-refractivity contribution in [1.82, 2.24) is 0 Å². The second-order valence-electron chi connectivity index (χ2n) is 6.78. The van der Waals surface area contributed by atoms with Crippen LogP contribution >= 0.6 is 0 Å². The molecule has 0 amide bonds. The van der Waals surface area contributed by atoms with E-state index in [0.29, 0.717) is 11.6 Å². The number of halogens is 3. The molecule has 3 aromatic rings. The fraction of sp³-hybridized carbons (Fsp3) is 0.0455. The molecule has 0 saturated carbocycles. The van der Waals surface area contributed by atoms with Gasteiger partial charge in [-0.05, 0) is 36.4 Å². The van der Waals surface area contributed by atoms with Crippen LogP contribution in [-0.4, -0.2) is 8.42 Å². The summed E-state index contributed by atoms with van der Waals surface area (Å²) in [6, 6.07) is 12.7. The van der Waals surface area contributed by atoms with E-state index in [-0.39, 0.29) is 33.4 Å². The van der Waals surface area contributed by atoms with Crippen LogP contribution < -0.4 is 14.7 Å². The Hall–Kier alpha value is -3.97. The Bertz CT molecular complexity index is 1400. The van der Waals surface area contributed by atoms with Crippen molar-refractivity contribution >= 4 is 10.1 Å². The van der Waals surface area contributed by atoms with Crippen LogP contribution in [0.5, 0.6) is 11.5 Å². The Morgan fingerprint density at radius 2 is 1.59 bits per heavy atom. The van der Waals surface area contributed by atoms with E-state index < -0.39 is 33.5 Å². The minimum absolute atomic E-state index is 0.0111. The van der Waals surface area contributed by atoms with E-state index in [1.54, 1.807) is 0 Å². The van der Waals surface area contributed by atoms with Crippen molar-refractivity contribution in [3.63, 3.8) is 0 Å². The molecule has 4 rings (SSSR count). The van der Waals surface area contributed by atoms with Crippen molar-refractivity contribution in [1.29, 1.82) is 5.26 Å². The molecule has 6 nitrogen and oxygen atoms in total. The molecule has 1 aliphatic rings. The van der Waals surface area contributed by atoms with E-state index in [1.807, 2.05) is 6.07 Å². The summed E-state index contributed by atoms with van der Waals surface area (Å²) in [4.78, 5) is -0.269. The molecule has 1 unspecified atom stereocenters. The summed E-state index contributed by atoms with van der Waals surface area (Å²) in [5, 5.41) is 9.52. The van der Waals surface area contributed by atoms with Gasteiger partial charge in [-0.15, -0.1) is 0 Å². The Morgan fingerprint density at radius 3 is 2.25 bits per heavy atom. The van der Waals surface area contributed by atoms with Gasteiger partial charge in [-0.3, -0.25) is 0 Å². The normalized spacial score (nSPS) is 15.5. The maximum Gasteiger partial charge on any atom is 0.339 e. The van der Waals surface area contributed by atoms with Crippen LogP contribution in [0.25, 0.3) is 0 Å². The SMILES string of the molecule is N#CC1=C(N)Oc2cc(OS(=O)(=O)c3ccc(F)cc3)ccc2C1c1ccc(F)cc1F. The zero-order valence-electron chi connectivity index (χ0n) is 16.1. The Morgan fingerprint density at radius 1 is 0.938 bits per heavy atom. The highest BCUT2D eigenvalue weighted by atomic mass is 32.2. The predicted molar refractivity (Wildman–Crippen MR) is 106 cm³/mol. The highest BCUT2D eigenvalue weighted by Crippen LogP contribution is 2.44. The number of rotatable bonds is 4. The summed E-state index contributed by atoms with van der Waals surface area (Å²) in [5.41, 5.74) is 6.04. The van der Waals surface area contributed by atoms with Gasteiger partial charge in [0.15, 0.2) is 0 Å². The third kappa shape index (κ3) is 3.86. The highest BCUT2D eigenvalue weighted by molar-refractivity contribution is 7.87. The molecule has 0 radical (unpaired) electrons. The van der Waals surface area contributed by atoms with Crippen LogP contribution in [0.1, 0.15) is 17.0 Å². The molecule has 3 aromatic carbocycles. The van der Waals surface area contributed by atoms with E-state index >= 15 is 0 Å². The molecule has 0 aromatic heterocycles. The van der Waals surface area contributed by atoms with Crippen LogP contribution in [0.2, 0.25) is 0 Å². The van der Waals surface area contributed by atoms with E-state index in [4.69, 9.17) is 14.7 Å².